The molecule has 1 aromatic rings. The van der Waals surface area contributed by atoms with E-state index < -0.39 is 0 Å². The molecule has 1 fully saturated rings. The normalized spacial score (nSPS) is 22.1. The molecule has 2 heterocycles. The summed E-state index contributed by atoms with van der Waals surface area (Å²) in [5, 5.41) is 7.08. The average molecular weight is 264 g/mol. The Labute approximate surface area is 115 Å². The van der Waals surface area contributed by atoms with Crippen molar-refractivity contribution in [1.82, 2.24) is 20.0 Å². The Balaban J connectivity index is 1.69. The van der Waals surface area contributed by atoms with E-state index in [0.29, 0.717) is 0 Å². The lowest BCUT2D eigenvalue weighted by atomic mass is 10.0. The lowest BCUT2D eigenvalue weighted by Gasteiger charge is -2.30. The highest BCUT2D eigenvalue weighted by atomic mass is 16.2. The molecule has 1 aliphatic rings. The third kappa shape index (κ3) is 4.06. The smallest absolute Gasteiger partial charge is 0.244 e. The molecule has 0 spiro atoms. The van der Waals surface area contributed by atoms with Gasteiger partial charge < -0.3 is 10.2 Å². The molecule has 1 aliphatic heterocycles. The number of hydrogen-bond acceptors (Lipinski definition) is 3. The van der Waals surface area contributed by atoms with E-state index in [2.05, 4.69) is 22.2 Å². The average Bonchev–Trinajstić information content (AvgIpc) is 2.91. The van der Waals surface area contributed by atoms with Crippen molar-refractivity contribution in [3.8, 4) is 0 Å². The molecule has 106 valence electrons. The SMILES string of the molecule is C[C@H]1CCCN(CCNC(=O)[C@H](C)n2cccn2)C1. The van der Waals surface area contributed by atoms with Crippen LogP contribution in [0.25, 0.3) is 0 Å². The number of amides is 1. The predicted octanol–water partition coefficient (Wildman–Crippen LogP) is 1.29. The van der Waals surface area contributed by atoms with Crippen LogP contribution in [0.3, 0.4) is 0 Å². The quantitative estimate of drug-likeness (QED) is 0.872. The van der Waals surface area contributed by atoms with Crippen LogP contribution in [0.2, 0.25) is 0 Å². The van der Waals surface area contributed by atoms with Crippen molar-refractivity contribution in [1.29, 1.82) is 0 Å². The van der Waals surface area contributed by atoms with Crippen LogP contribution in [-0.2, 0) is 4.79 Å². The molecule has 0 aromatic carbocycles. The van der Waals surface area contributed by atoms with Gasteiger partial charge in [-0.15, -0.1) is 0 Å². The second-order valence-electron chi connectivity index (χ2n) is 5.50. The van der Waals surface area contributed by atoms with Gasteiger partial charge in [0, 0.05) is 32.0 Å². The first kappa shape index (κ1) is 14.1. The summed E-state index contributed by atoms with van der Waals surface area (Å²) in [6.45, 7) is 8.15. The number of carbonyl (C=O) groups is 1. The zero-order valence-electron chi connectivity index (χ0n) is 11.9. The third-order valence-corrected chi connectivity index (χ3v) is 3.77. The number of hydrogen-bond donors (Lipinski definition) is 1. The highest BCUT2D eigenvalue weighted by Crippen LogP contribution is 2.14. The van der Waals surface area contributed by atoms with Crippen molar-refractivity contribution in [3.05, 3.63) is 18.5 Å². The summed E-state index contributed by atoms with van der Waals surface area (Å²) >= 11 is 0. The molecule has 1 aromatic heterocycles. The van der Waals surface area contributed by atoms with E-state index in [1.54, 1.807) is 10.9 Å². The number of aromatic nitrogens is 2. The van der Waals surface area contributed by atoms with Crippen molar-refractivity contribution in [3.63, 3.8) is 0 Å². The van der Waals surface area contributed by atoms with Crippen molar-refractivity contribution < 1.29 is 4.79 Å². The van der Waals surface area contributed by atoms with Gasteiger partial charge in [0.2, 0.25) is 5.91 Å². The minimum atomic E-state index is -0.240. The summed E-state index contributed by atoms with van der Waals surface area (Å²) in [6, 6.07) is 1.59. The highest BCUT2D eigenvalue weighted by molar-refractivity contribution is 5.79. The molecule has 5 heteroatoms. The fraction of sp³-hybridized carbons (Fsp3) is 0.714. The lowest BCUT2D eigenvalue weighted by molar-refractivity contribution is -0.124. The first-order chi connectivity index (χ1) is 9.16. The van der Waals surface area contributed by atoms with Gasteiger partial charge in [0.15, 0.2) is 0 Å². The molecule has 1 saturated heterocycles. The van der Waals surface area contributed by atoms with E-state index in [1.807, 2.05) is 19.2 Å². The van der Waals surface area contributed by atoms with Gasteiger partial charge in [0.1, 0.15) is 6.04 Å². The van der Waals surface area contributed by atoms with Gasteiger partial charge in [-0.25, -0.2) is 0 Å². The molecule has 0 saturated carbocycles. The number of piperidine rings is 1. The van der Waals surface area contributed by atoms with Crippen LogP contribution in [0.4, 0.5) is 0 Å². The molecule has 0 unspecified atom stereocenters. The molecule has 0 bridgehead atoms. The maximum Gasteiger partial charge on any atom is 0.244 e. The van der Waals surface area contributed by atoms with Crippen molar-refractivity contribution in [2.75, 3.05) is 26.2 Å². The molecule has 2 atom stereocenters. The zero-order valence-corrected chi connectivity index (χ0v) is 11.9. The molecule has 1 N–H and O–H groups in total. The van der Waals surface area contributed by atoms with Gasteiger partial charge in [-0.3, -0.25) is 9.48 Å². The van der Waals surface area contributed by atoms with Crippen LogP contribution in [0.1, 0.15) is 32.7 Å². The minimum Gasteiger partial charge on any atom is -0.353 e. The van der Waals surface area contributed by atoms with E-state index in [9.17, 15) is 4.79 Å². The molecule has 0 aliphatic carbocycles. The van der Waals surface area contributed by atoms with Crippen molar-refractivity contribution >= 4 is 5.91 Å². The molecule has 19 heavy (non-hydrogen) atoms. The van der Waals surface area contributed by atoms with Gasteiger partial charge in [-0.05, 0) is 38.3 Å². The van der Waals surface area contributed by atoms with Crippen molar-refractivity contribution in [2.24, 2.45) is 5.92 Å². The molecular formula is C14H24N4O. The monoisotopic (exact) mass is 264 g/mol. The maximum atomic E-state index is 12.0. The molecule has 5 nitrogen and oxygen atoms in total. The summed E-state index contributed by atoms with van der Waals surface area (Å²) in [4.78, 5) is 14.4. The van der Waals surface area contributed by atoms with Crippen LogP contribution in [0, 0.1) is 5.92 Å². The number of nitrogens with zero attached hydrogens (tertiary/aromatic N) is 3. The number of nitrogens with one attached hydrogen (secondary N) is 1. The van der Waals surface area contributed by atoms with Crippen LogP contribution in [-0.4, -0.2) is 46.8 Å². The van der Waals surface area contributed by atoms with E-state index in [-0.39, 0.29) is 11.9 Å². The number of rotatable bonds is 5. The van der Waals surface area contributed by atoms with E-state index >= 15 is 0 Å². The van der Waals surface area contributed by atoms with Gasteiger partial charge >= 0.3 is 0 Å². The summed E-state index contributed by atoms with van der Waals surface area (Å²) in [7, 11) is 0. The Hall–Kier alpha value is -1.36. The first-order valence-corrected chi connectivity index (χ1v) is 7.16. The van der Waals surface area contributed by atoms with Crippen LogP contribution in [0.15, 0.2) is 18.5 Å². The fourth-order valence-corrected chi connectivity index (χ4v) is 2.60. The predicted molar refractivity (Wildman–Crippen MR) is 74.8 cm³/mol. The topological polar surface area (TPSA) is 50.2 Å². The molecule has 1 amide bonds. The summed E-state index contributed by atoms with van der Waals surface area (Å²) < 4.78 is 1.68. The number of likely N-dealkylation sites (tertiary alicyclic amines) is 1. The number of carbonyl (C=O) groups excluding carboxylic acids is 1. The van der Waals surface area contributed by atoms with Gasteiger partial charge in [-0.2, -0.15) is 5.10 Å². The lowest BCUT2D eigenvalue weighted by Crippen LogP contribution is -2.41. The summed E-state index contributed by atoms with van der Waals surface area (Å²) in [5.41, 5.74) is 0. The second kappa shape index (κ2) is 6.70. The molecule has 0 radical (unpaired) electrons. The van der Waals surface area contributed by atoms with Crippen molar-refractivity contribution in [2.45, 2.75) is 32.7 Å². The Morgan fingerprint density at radius 3 is 3.11 bits per heavy atom. The first-order valence-electron chi connectivity index (χ1n) is 7.16. The zero-order chi connectivity index (χ0) is 13.7. The molecular weight excluding hydrogens is 240 g/mol. The Bertz CT molecular complexity index is 390. The standard InChI is InChI=1S/C14H24N4O/c1-12-5-3-8-17(11-12)10-7-15-14(19)13(2)18-9-4-6-16-18/h4,6,9,12-13H,3,5,7-8,10-11H2,1-2H3,(H,15,19)/t12-,13-/m0/s1. The minimum absolute atomic E-state index is 0.0359. The van der Waals surface area contributed by atoms with Gasteiger partial charge in [-0.1, -0.05) is 6.92 Å². The van der Waals surface area contributed by atoms with Crippen LogP contribution in [0.5, 0.6) is 0 Å². The maximum absolute atomic E-state index is 12.0. The van der Waals surface area contributed by atoms with E-state index in [4.69, 9.17) is 0 Å². The van der Waals surface area contributed by atoms with Crippen LogP contribution < -0.4 is 5.32 Å². The van der Waals surface area contributed by atoms with E-state index in [0.717, 1.165) is 32.1 Å². The summed E-state index contributed by atoms with van der Waals surface area (Å²) in [6.07, 6.45) is 6.12. The van der Waals surface area contributed by atoms with Gasteiger partial charge in [0.05, 0.1) is 0 Å². The molecule has 2 rings (SSSR count). The Morgan fingerprint density at radius 1 is 1.58 bits per heavy atom. The highest BCUT2D eigenvalue weighted by Gasteiger charge is 2.17. The van der Waals surface area contributed by atoms with E-state index in [1.165, 1.54) is 12.8 Å². The largest absolute Gasteiger partial charge is 0.353 e. The fourth-order valence-electron chi connectivity index (χ4n) is 2.60. The van der Waals surface area contributed by atoms with Crippen LogP contribution >= 0.6 is 0 Å². The Morgan fingerprint density at radius 2 is 2.42 bits per heavy atom. The third-order valence-electron chi connectivity index (χ3n) is 3.77. The Kier molecular flexibility index (Phi) is 4.96. The second-order valence-corrected chi connectivity index (χ2v) is 5.50. The summed E-state index contributed by atoms with van der Waals surface area (Å²) in [5.74, 6) is 0.821. The van der Waals surface area contributed by atoms with Gasteiger partial charge in [0.25, 0.3) is 0 Å².